The van der Waals surface area contributed by atoms with Crippen LogP contribution >= 0.6 is 23.4 Å². The Hall–Kier alpha value is -1.99. The van der Waals surface area contributed by atoms with E-state index in [9.17, 15) is 22.8 Å². The van der Waals surface area contributed by atoms with Crippen LogP contribution in [0.4, 0.5) is 13.2 Å². The molecule has 0 bridgehead atoms. The molecule has 0 aliphatic carbocycles. The molecule has 25 heavy (non-hydrogen) atoms. The molecule has 1 aromatic carbocycles. The van der Waals surface area contributed by atoms with Crippen molar-refractivity contribution in [2.45, 2.75) is 20.0 Å². The number of allylic oxidation sites excluding steroid dienone is 1. The predicted molar refractivity (Wildman–Crippen MR) is 91.1 cm³/mol. The molecule has 0 spiro atoms. The van der Waals surface area contributed by atoms with Gasteiger partial charge in [0.1, 0.15) is 11.5 Å². The Kier molecular flexibility index (Phi) is 5.80. The third-order valence-corrected chi connectivity index (χ3v) is 4.30. The number of alkyl halides is 3. The lowest BCUT2D eigenvalue weighted by Gasteiger charge is -2.09. The molecule has 8 heteroatoms. The molecule has 0 N–H and O–H groups in total. The number of hydrogen-bond acceptors (Lipinski definition) is 4. The molecular weight excluding hydrogens is 377 g/mol. The summed E-state index contributed by atoms with van der Waals surface area (Å²) in [5.74, 6) is 0.0238. The zero-order valence-electron chi connectivity index (χ0n) is 13.1. The Bertz CT molecular complexity index is 853. The predicted octanol–water partition coefficient (Wildman–Crippen LogP) is 5.83. The molecule has 2 rings (SSSR count). The van der Waals surface area contributed by atoms with Gasteiger partial charge < -0.3 is 4.42 Å². The number of carbonyl (C=O) groups excluding carboxylic acids is 2. The minimum absolute atomic E-state index is 0.0831. The molecule has 0 amide bonds. The summed E-state index contributed by atoms with van der Waals surface area (Å²) in [6, 6.07) is 5.85. The summed E-state index contributed by atoms with van der Waals surface area (Å²) in [5, 5.41) is -0.170. The highest BCUT2D eigenvalue weighted by molar-refractivity contribution is 8.17. The van der Waals surface area contributed by atoms with Crippen molar-refractivity contribution in [2.24, 2.45) is 0 Å². The van der Waals surface area contributed by atoms with E-state index >= 15 is 0 Å². The first-order chi connectivity index (χ1) is 11.6. The number of benzene rings is 1. The molecule has 132 valence electrons. The Labute approximate surface area is 150 Å². The van der Waals surface area contributed by atoms with E-state index in [2.05, 4.69) is 0 Å². The van der Waals surface area contributed by atoms with Crippen molar-refractivity contribution in [3.05, 3.63) is 51.6 Å². The van der Waals surface area contributed by atoms with Gasteiger partial charge in [0.15, 0.2) is 10.9 Å². The largest absolute Gasteiger partial charge is 0.457 e. The summed E-state index contributed by atoms with van der Waals surface area (Å²) in [5.41, 5.74) is -0.767. The van der Waals surface area contributed by atoms with Gasteiger partial charge in [0, 0.05) is 12.5 Å². The zero-order valence-corrected chi connectivity index (χ0v) is 14.7. The molecule has 0 unspecified atom stereocenters. The second-order valence-electron chi connectivity index (χ2n) is 5.05. The summed E-state index contributed by atoms with van der Waals surface area (Å²) in [4.78, 5) is 22.9. The third-order valence-electron chi connectivity index (χ3n) is 3.06. The second-order valence-corrected chi connectivity index (χ2v) is 6.68. The smallest absolute Gasteiger partial charge is 0.416 e. The first-order valence-corrected chi connectivity index (χ1v) is 8.15. The molecule has 3 nitrogen and oxygen atoms in total. The van der Waals surface area contributed by atoms with Crippen molar-refractivity contribution < 1.29 is 27.2 Å². The van der Waals surface area contributed by atoms with Crippen LogP contribution in [0.15, 0.2) is 39.7 Å². The van der Waals surface area contributed by atoms with Gasteiger partial charge in [0.2, 0.25) is 0 Å². The van der Waals surface area contributed by atoms with Gasteiger partial charge in [0.05, 0.1) is 15.5 Å². The first kappa shape index (κ1) is 19.3. The maximum atomic E-state index is 12.8. The zero-order chi connectivity index (χ0) is 18.8. The molecule has 0 saturated carbocycles. The van der Waals surface area contributed by atoms with Crippen LogP contribution in [0, 0.1) is 0 Å². The summed E-state index contributed by atoms with van der Waals surface area (Å²) in [6.45, 7) is 2.62. The van der Waals surface area contributed by atoms with Crippen LogP contribution in [-0.4, -0.2) is 10.9 Å². The molecule has 0 fully saturated rings. The monoisotopic (exact) mass is 388 g/mol. The number of carbonyl (C=O) groups is 2. The van der Waals surface area contributed by atoms with E-state index in [1.807, 2.05) is 0 Å². The van der Waals surface area contributed by atoms with Gasteiger partial charge in [-0.05, 0) is 55.1 Å². The highest BCUT2D eigenvalue weighted by Crippen LogP contribution is 2.37. The van der Waals surface area contributed by atoms with Crippen molar-refractivity contribution in [3.8, 4) is 11.3 Å². The normalized spacial score (nSPS) is 12.3. The Morgan fingerprint density at radius 3 is 2.40 bits per heavy atom. The Balaban J connectivity index is 2.42. The molecule has 0 saturated heterocycles. The highest BCUT2D eigenvalue weighted by Gasteiger charge is 2.31. The summed E-state index contributed by atoms with van der Waals surface area (Å²) >= 11 is 6.72. The minimum atomic E-state index is -4.51. The lowest BCUT2D eigenvalue weighted by molar-refractivity contribution is -0.137. The lowest BCUT2D eigenvalue weighted by atomic mass is 10.1. The SMILES string of the molecule is CC(=O)S/C(=C\c1ccc(-c2cc(C(F)(F)F)ccc2Cl)o1)C(C)=O. The van der Waals surface area contributed by atoms with Crippen molar-refractivity contribution in [2.75, 3.05) is 0 Å². The van der Waals surface area contributed by atoms with Crippen molar-refractivity contribution in [1.82, 2.24) is 0 Å². The average molecular weight is 389 g/mol. The van der Waals surface area contributed by atoms with Gasteiger partial charge in [-0.15, -0.1) is 0 Å². The van der Waals surface area contributed by atoms with Crippen molar-refractivity contribution in [1.29, 1.82) is 0 Å². The highest BCUT2D eigenvalue weighted by atomic mass is 35.5. The standard InChI is InChI=1S/C17H12ClF3O3S/c1-9(22)16(25-10(2)23)8-12-4-6-15(24-12)13-7-11(17(19,20)21)3-5-14(13)18/h3-8H,1-2H3/b16-8-. The number of thioether (sulfide) groups is 1. The van der Waals surface area contributed by atoms with E-state index in [0.717, 1.165) is 30.0 Å². The van der Waals surface area contributed by atoms with Gasteiger partial charge in [-0.25, -0.2) is 0 Å². The van der Waals surface area contributed by atoms with Crippen LogP contribution in [0.3, 0.4) is 0 Å². The molecule has 0 aliphatic heterocycles. The quantitative estimate of drug-likeness (QED) is 0.618. The third kappa shape index (κ3) is 4.99. The first-order valence-electron chi connectivity index (χ1n) is 6.96. The number of rotatable bonds is 4. The summed E-state index contributed by atoms with van der Waals surface area (Å²) < 4.78 is 44.0. The van der Waals surface area contributed by atoms with E-state index in [4.69, 9.17) is 16.0 Å². The van der Waals surface area contributed by atoms with Crippen LogP contribution < -0.4 is 0 Å². The summed E-state index contributed by atoms with van der Waals surface area (Å²) in [6.07, 6.45) is -3.14. The maximum absolute atomic E-state index is 12.8. The molecular formula is C17H12ClF3O3S. The molecule has 1 aromatic heterocycles. The van der Waals surface area contributed by atoms with Gasteiger partial charge in [0.25, 0.3) is 0 Å². The van der Waals surface area contributed by atoms with Crippen molar-refractivity contribution in [3.63, 3.8) is 0 Å². The van der Waals surface area contributed by atoms with Crippen LogP contribution in [0.25, 0.3) is 17.4 Å². The Morgan fingerprint density at radius 1 is 1.16 bits per heavy atom. The van der Waals surface area contributed by atoms with Crippen LogP contribution in [0.5, 0.6) is 0 Å². The van der Waals surface area contributed by atoms with Gasteiger partial charge in [-0.3, -0.25) is 9.59 Å². The molecule has 2 aromatic rings. The fourth-order valence-corrected chi connectivity index (χ4v) is 2.79. The second kappa shape index (κ2) is 7.49. The van der Waals surface area contributed by atoms with E-state index in [1.165, 1.54) is 32.1 Å². The Morgan fingerprint density at radius 2 is 1.84 bits per heavy atom. The molecule has 1 heterocycles. The lowest BCUT2D eigenvalue weighted by Crippen LogP contribution is -2.04. The van der Waals surface area contributed by atoms with E-state index in [-0.39, 0.29) is 37.9 Å². The minimum Gasteiger partial charge on any atom is -0.457 e. The van der Waals surface area contributed by atoms with E-state index < -0.39 is 11.7 Å². The van der Waals surface area contributed by atoms with E-state index in [0.29, 0.717) is 0 Å². The number of ketones is 1. The maximum Gasteiger partial charge on any atom is 0.416 e. The number of furan rings is 1. The van der Waals surface area contributed by atoms with Crippen LogP contribution in [-0.2, 0) is 15.8 Å². The van der Waals surface area contributed by atoms with Gasteiger partial charge >= 0.3 is 6.18 Å². The molecule has 0 aliphatic rings. The summed E-state index contributed by atoms with van der Waals surface area (Å²) in [7, 11) is 0. The number of Topliss-reactive ketones (excluding diaryl/α,β-unsaturated/α-hetero) is 1. The van der Waals surface area contributed by atoms with Crippen LogP contribution in [0.1, 0.15) is 25.2 Å². The van der Waals surface area contributed by atoms with Gasteiger partial charge in [-0.2, -0.15) is 13.2 Å². The van der Waals surface area contributed by atoms with E-state index in [1.54, 1.807) is 0 Å². The van der Waals surface area contributed by atoms with Crippen molar-refractivity contribution >= 4 is 40.3 Å². The van der Waals surface area contributed by atoms with Gasteiger partial charge in [-0.1, -0.05) is 11.6 Å². The fourth-order valence-electron chi connectivity index (χ4n) is 1.95. The molecule has 0 atom stereocenters. The fraction of sp³-hybridized carbons (Fsp3) is 0.176. The number of halogens is 4. The molecule has 0 radical (unpaired) electrons. The topological polar surface area (TPSA) is 47.3 Å². The number of hydrogen-bond donors (Lipinski definition) is 0. The van der Waals surface area contributed by atoms with Crippen LogP contribution in [0.2, 0.25) is 5.02 Å². The average Bonchev–Trinajstić information content (AvgIpc) is 2.93.